The van der Waals surface area contributed by atoms with Gasteiger partial charge in [0.05, 0.1) is 28.9 Å². The van der Waals surface area contributed by atoms with Gasteiger partial charge in [0.15, 0.2) is 5.82 Å². The lowest BCUT2D eigenvalue weighted by molar-refractivity contribution is -0.0795. The summed E-state index contributed by atoms with van der Waals surface area (Å²) in [6, 6.07) is 10.3. The fourth-order valence-electron chi connectivity index (χ4n) is 4.90. The average Bonchev–Trinajstić information content (AvgIpc) is 3.16. The summed E-state index contributed by atoms with van der Waals surface area (Å²) in [5.41, 5.74) is 11.0. The number of nitrogens with two attached hydrogens (primary N) is 1. The molecule has 9 heteroatoms. The zero-order valence-corrected chi connectivity index (χ0v) is 19.2. The molecule has 3 aromatic rings. The first-order chi connectivity index (χ1) is 15.9. The number of fused-ring (bicyclic) bond motifs is 1. The number of hydrogen-bond donors (Lipinski definition) is 2. The fraction of sp³-hybridized carbons (Fsp3) is 0.417. The smallest absolute Gasteiger partial charge is 0.161 e. The van der Waals surface area contributed by atoms with Gasteiger partial charge in [-0.3, -0.25) is 4.84 Å². The van der Waals surface area contributed by atoms with Crippen molar-refractivity contribution >= 4 is 34.0 Å². The summed E-state index contributed by atoms with van der Waals surface area (Å²) in [5, 5.41) is 0.886. The quantitative estimate of drug-likeness (QED) is 0.415. The number of hydrogen-bond acceptors (Lipinski definition) is 7. The maximum absolute atomic E-state index is 13.8. The van der Waals surface area contributed by atoms with Crippen LogP contribution in [0.4, 0.5) is 15.9 Å². The molecule has 7 nitrogen and oxygen atoms in total. The van der Waals surface area contributed by atoms with Crippen LogP contribution in [0, 0.1) is 11.7 Å². The van der Waals surface area contributed by atoms with Crippen LogP contribution < -0.4 is 11.2 Å². The average molecular weight is 472 g/mol. The molecule has 0 aliphatic carbocycles. The summed E-state index contributed by atoms with van der Waals surface area (Å²) in [4.78, 5) is 16.8. The molecule has 2 aromatic carbocycles. The summed E-state index contributed by atoms with van der Waals surface area (Å²) < 4.78 is 20.4. The van der Waals surface area contributed by atoms with Crippen LogP contribution in [0.3, 0.4) is 0 Å². The van der Waals surface area contributed by atoms with E-state index in [1.54, 1.807) is 18.2 Å². The molecule has 3 N–H and O–H groups in total. The Hall–Kier alpha value is -2.52. The highest BCUT2D eigenvalue weighted by atomic mass is 35.5. The molecule has 3 heterocycles. The van der Waals surface area contributed by atoms with Gasteiger partial charge in [-0.25, -0.2) is 19.8 Å². The summed E-state index contributed by atoms with van der Waals surface area (Å²) >= 11 is 6.08. The number of nitrogens with one attached hydrogen (secondary N) is 1. The lowest BCUT2D eigenvalue weighted by Gasteiger charge is -2.37. The summed E-state index contributed by atoms with van der Waals surface area (Å²) in [7, 11) is 2.13. The van der Waals surface area contributed by atoms with Crippen LogP contribution >= 0.6 is 11.6 Å². The number of piperidine rings is 1. The Morgan fingerprint density at radius 2 is 2.06 bits per heavy atom. The number of rotatable bonds is 5. The lowest BCUT2D eigenvalue weighted by Crippen LogP contribution is -2.42. The highest BCUT2D eigenvalue weighted by molar-refractivity contribution is 6.30. The monoisotopic (exact) mass is 471 g/mol. The third-order valence-corrected chi connectivity index (χ3v) is 7.03. The van der Waals surface area contributed by atoms with Gasteiger partial charge in [-0.05, 0) is 62.2 Å². The van der Waals surface area contributed by atoms with Crippen LogP contribution in [0.5, 0.6) is 0 Å². The van der Waals surface area contributed by atoms with Crippen LogP contribution in [0.1, 0.15) is 30.9 Å². The van der Waals surface area contributed by atoms with Crippen LogP contribution in [-0.2, 0) is 9.57 Å². The molecule has 2 unspecified atom stereocenters. The summed E-state index contributed by atoms with van der Waals surface area (Å²) in [5.74, 6) is 0.194. The molecular formula is C24H27ClFN5O2. The van der Waals surface area contributed by atoms with Gasteiger partial charge in [0.1, 0.15) is 12.1 Å². The molecule has 2 atom stereocenters. The number of likely N-dealkylation sites (tertiary alicyclic amines) is 1. The predicted octanol–water partition coefficient (Wildman–Crippen LogP) is 4.59. The molecule has 0 bridgehead atoms. The second-order valence-electron chi connectivity index (χ2n) is 9.07. The van der Waals surface area contributed by atoms with Crippen LogP contribution in [-0.4, -0.2) is 47.2 Å². The van der Waals surface area contributed by atoms with Crippen molar-refractivity contribution in [2.45, 2.75) is 31.0 Å². The third kappa shape index (κ3) is 4.61. The number of halogens is 2. The van der Waals surface area contributed by atoms with E-state index in [-0.39, 0.29) is 22.6 Å². The Morgan fingerprint density at radius 1 is 1.24 bits per heavy atom. The van der Waals surface area contributed by atoms with E-state index in [4.69, 9.17) is 26.9 Å². The minimum atomic E-state index is -0.434. The Bertz CT molecular complexity index is 1150. The van der Waals surface area contributed by atoms with E-state index in [0.717, 1.165) is 48.8 Å². The van der Waals surface area contributed by atoms with E-state index in [2.05, 4.69) is 27.4 Å². The number of ether oxygens (including phenoxy) is 1. The third-order valence-electron chi connectivity index (χ3n) is 6.74. The van der Waals surface area contributed by atoms with Crippen molar-refractivity contribution in [2.75, 3.05) is 38.0 Å². The maximum atomic E-state index is 13.8. The SMILES string of the molecule is CN1CCC2(CC1)CC(CONc1ncnc3ccc(N)cc13)C(c1ccc(F)c(Cl)c1)O2. The zero-order valence-electron chi connectivity index (χ0n) is 18.4. The molecule has 2 aliphatic rings. The number of aromatic nitrogens is 2. The molecule has 33 heavy (non-hydrogen) atoms. The van der Waals surface area contributed by atoms with Crippen LogP contribution in [0.15, 0.2) is 42.7 Å². The van der Waals surface area contributed by atoms with Crippen molar-refractivity contribution in [1.82, 2.24) is 14.9 Å². The Morgan fingerprint density at radius 3 is 2.85 bits per heavy atom. The van der Waals surface area contributed by atoms with E-state index >= 15 is 0 Å². The fourth-order valence-corrected chi connectivity index (χ4v) is 5.08. The molecule has 1 aromatic heterocycles. The van der Waals surface area contributed by atoms with E-state index in [9.17, 15) is 4.39 Å². The lowest BCUT2D eigenvalue weighted by atomic mass is 9.84. The first-order valence-electron chi connectivity index (χ1n) is 11.1. The Kier molecular flexibility index (Phi) is 6.09. The number of benzene rings is 2. The first-order valence-corrected chi connectivity index (χ1v) is 11.5. The van der Waals surface area contributed by atoms with Gasteiger partial charge in [0, 0.05) is 30.1 Å². The molecular weight excluding hydrogens is 445 g/mol. The normalized spacial score (nSPS) is 22.8. The zero-order chi connectivity index (χ0) is 23.0. The van der Waals surface area contributed by atoms with Crippen molar-refractivity contribution in [2.24, 2.45) is 5.92 Å². The van der Waals surface area contributed by atoms with Crippen molar-refractivity contribution in [3.05, 3.63) is 59.1 Å². The molecule has 2 saturated heterocycles. The molecule has 174 valence electrons. The van der Waals surface area contributed by atoms with Gasteiger partial charge < -0.3 is 15.4 Å². The van der Waals surface area contributed by atoms with E-state index in [1.165, 1.54) is 12.4 Å². The standard InChI is InChI=1S/C24H27ClFN5O2/c1-31-8-6-24(7-9-31)12-16(22(33-24)15-2-4-20(26)19(25)10-15)13-32-30-23-18-11-17(27)3-5-21(18)28-14-29-23/h2-5,10-11,14,16,22H,6-9,12-13,27H2,1H3,(H,28,29,30). The van der Waals surface area contributed by atoms with E-state index < -0.39 is 5.82 Å². The van der Waals surface area contributed by atoms with Crippen molar-refractivity contribution in [3.8, 4) is 0 Å². The summed E-state index contributed by atoms with van der Waals surface area (Å²) in [6.07, 6.45) is 4.02. The number of nitrogen functional groups attached to an aromatic ring is 1. The van der Waals surface area contributed by atoms with Crippen molar-refractivity contribution in [3.63, 3.8) is 0 Å². The predicted molar refractivity (Wildman–Crippen MR) is 126 cm³/mol. The van der Waals surface area contributed by atoms with Gasteiger partial charge in [-0.2, -0.15) is 0 Å². The van der Waals surface area contributed by atoms with Gasteiger partial charge in [0.2, 0.25) is 0 Å². The minimum Gasteiger partial charge on any atom is -0.399 e. The molecule has 5 rings (SSSR count). The second-order valence-corrected chi connectivity index (χ2v) is 9.48. The van der Waals surface area contributed by atoms with Gasteiger partial charge in [-0.1, -0.05) is 17.7 Å². The van der Waals surface area contributed by atoms with Gasteiger partial charge >= 0.3 is 0 Å². The van der Waals surface area contributed by atoms with Gasteiger partial charge in [-0.15, -0.1) is 0 Å². The molecule has 0 radical (unpaired) electrons. The van der Waals surface area contributed by atoms with Crippen LogP contribution in [0.25, 0.3) is 10.9 Å². The van der Waals surface area contributed by atoms with Crippen molar-refractivity contribution < 1.29 is 14.0 Å². The molecule has 0 amide bonds. The first kappa shape index (κ1) is 22.3. The van der Waals surface area contributed by atoms with Gasteiger partial charge in [0.25, 0.3) is 0 Å². The summed E-state index contributed by atoms with van der Waals surface area (Å²) in [6.45, 7) is 2.36. The van der Waals surface area contributed by atoms with Crippen LogP contribution in [0.2, 0.25) is 5.02 Å². The molecule has 0 saturated carbocycles. The second kappa shape index (κ2) is 9.02. The molecule has 1 spiro atoms. The minimum absolute atomic E-state index is 0.0700. The Balaban J connectivity index is 1.34. The number of anilines is 2. The highest BCUT2D eigenvalue weighted by Crippen LogP contribution is 2.49. The Labute approximate surface area is 197 Å². The highest BCUT2D eigenvalue weighted by Gasteiger charge is 2.48. The van der Waals surface area contributed by atoms with E-state index in [1.807, 2.05) is 12.1 Å². The number of nitrogens with zero attached hydrogens (tertiary/aromatic N) is 3. The van der Waals surface area contributed by atoms with Crippen molar-refractivity contribution in [1.29, 1.82) is 0 Å². The molecule has 2 fully saturated rings. The largest absolute Gasteiger partial charge is 0.399 e. The topological polar surface area (TPSA) is 85.5 Å². The van der Waals surface area contributed by atoms with E-state index in [0.29, 0.717) is 18.1 Å². The maximum Gasteiger partial charge on any atom is 0.161 e. The molecule has 2 aliphatic heterocycles.